The van der Waals surface area contributed by atoms with Crippen LogP contribution in [0.1, 0.15) is 43.2 Å². The van der Waals surface area contributed by atoms with Crippen molar-refractivity contribution in [2.75, 3.05) is 0 Å². The van der Waals surface area contributed by atoms with Crippen LogP contribution in [0, 0.1) is 11.8 Å². The molecule has 0 radical (unpaired) electrons. The quantitative estimate of drug-likeness (QED) is 0.833. The van der Waals surface area contributed by atoms with Crippen molar-refractivity contribution < 1.29 is 23.1 Å². The fraction of sp³-hybridized carbons (Fsp3) is 0.562. The lowest BCUT2D eigenvalue weighted by Gasteiger charge is -2.21. The average Bonchev–Trinajstić information content (AvgIpc) is 2.64. The lowest BCUT2D eigenvalue weighted by atomic mass is 9.83. The Morgan fingerprint density at radius 2 is 1.71 bits per heavy atom. The van der Waals surface area contributed by atoms with Gasteiger partial charge in [-0.3, -0.25) is 4.79 Å². The van der Waals surface area contributed by atoms with Crippen LogP contribution in [-0.4, -0.2) is 11.1 Å². The number of carboxylic acid groups (broad SMARTS) is 1. The molecule has 0 heterocycles. The molecule has 0 bridgehead atoms. The van der Waals surface area contributed by atoms with Gasteiger partial charge in [0.15, 0.2) is 0 Å². The highest BCUT2D eigenvalue weighted by atomic mass is 19.4. The SMILES string of the molecule is O=C(O)C1CCCCCC1Cc1ccc(C(F)(F)F)cc1. The van der Waals surface area contributed by atoms with Gasteiger partial charge in [-0.1, -0.05) is 31.4 Å². The summed E-state index contributed by atoms with van der Waals surface area (Å²) in [6, 6.07) is 5.07. The standard InChI is InChI=1S/C16H19F3O2/c17-16(18,19)13-8-6-11(7-9-13)10-12-4-2-1-3-5-14(12)15(20)21/h6-9,12,14H,1-5,10H2,(H,20,21). The van der Waals surface area contributed by atoms with Crippen molar-refractivity contribution >= 4 is 5.97 Å². The van der Waals surface area contributed by atoms with Crippen LogP contribution in [-0.2, 0) is 17.4 Å². The zero-order chi connectivity index (χ0) is 15.5. The number of alkyl halides is 3. The van der Waals surface area contributed by atoms with Gasteiger partial charge in [0.25, 0.3) is 0 Å². The van der Waals surface area contributed by atoms with Crippen molar-refractivity contribution in [3.05, 3.63) is 35.4 Å². The molecule has 0 amide bonds. The Morgan fingerprint density at radius 3 is 2.29 bits per heavy atom. The molecule has 1 aromatic rings. The minimum Gasteiger partial charge on any atom is -0.481 e. The smallest absolute Gasteiger partial charge is 0.416 e. The van der Waals surface area contributed by atoms with Gasteiger partial charge in [-0.2, -0.15) is 13.2 Å². The Morgan fingerprint density at radius 1 is 1.10 bits per heavy atom. The van der Waals surface area contributed by atoms with Gasteiger partial charge in [0.1, 0.15) is 0 Å². The maximum atomic E-state index is 12.5. The van der Waals surface area contributed by atoms with E-state index < -0.39 is 17.7 Å². The molecule has 0 aliphatic heterocycles. The summed E-state index contributed by atoms with van der Waals surface area (Å²) in [4.78, 5) is 11.3. The third kappa shape index (κ3) is 4.22. The van der Waals surface area contributed by atoms with Crippen LogP contribution in [0.25, 0.3) is 0 Å². The molecule has 116 valence electrons. The lowest BCUT2D eigenvalue weighted by molar-refractivity contribution is -0.144. The summed E-state index contributed by atoms with van der Waals surface area (Å²) < 4.78 is 37.6. The number of halogens is 3. The Kier molecular flexibility index (Phi) is 4.91. The highest BCUT2D eigenvalue weighted by Gasteiger charge is 2.31. The van der Waals surface area contributed by atoms with Crippen molar-refractivity contribution in [2.45, 2.75) is 44.7 Å². The Labute approximate surface area is 122 Å². The van der Waals surface area contributed by atoms with Gasteiger partial charge in [0.2, 0.25) is 0 Å². The van der Waals surface area contributed by atoms with E-state index in [-0.39, 0.29) is 11.8 Å². The zero-order valence-corrected chi connectivity index (χ0v) is 11.7. The van der Waals surface area contributed by atoms with E-state index >= 15 is 0 Å². The van der Waals surface area contributed by atoms with Gasteiger partial charge in [-0.05, 0) is 42.9 Å². The molecule has 1 saturated carbocycles. The molecule has 1 aliphatic rings. The molecule has 5 heteroatoms. The van der Waals surface area contributed by atoms with Crippen molar-refractivity contribution in [3.8, 4) is 0 Å². The summed E-state index contributed by atoms with van der Waals surface area (Å²) in [5.41, 5.74) is 0.114. The van der Waals surface area contributed by atoms with Crippen LogP contribution >= 0.6 is 0 Å². The van der Waals surface area contributed by atoms with E-state index in [1.165, 1.54) is 12.1 Å². The summed E-state index contributed by atoms with van der Waals surface area (Å²) in [7, 11) is 0. The predicted octanol–water partition coefficient (Wildman–Crippen LogP) is 4.53. The van der Waals surface area contributed by atoms with E-state index in [9.17, 15) is 23.1 Å². The molecule has 0 aromatic heterocycles. The van der Waals surface area contributed by atoms with Crippen molar-refractivity contribution in [2.24, 2.45) is 11.8 Å². The van der Waals surface area contributed by atoms with Crippen molar-refractivity contribution in [1.82, 2.24) is 0 Å². The number of hydrogen-bond acceptors (Lipinski definition) is 1. The molecule has 1 N–H and O–H groups in total. The molecule has 21 heavy (non-hydrogen) atoms. The van der Waals surface area contributed by atoms with Gasteiger partial charge in [0.05, 0.1) is 11.5 Å². The fourth-order valence-electron chi connectivity index (χ4n) is 3.09. The zero-order valence-electron chi connectivity index (χ0n) is 11.7. The molecule has 2 unspecified atom stereocenters. The molecule has 1 aromatic carbocycles. The minimum atomic E-state index is -4.33. The Balaban J connectivity index is 2.09. The molecular formula is C16H19F3O2. The second kappa shape index (κ2) is 6.50. The highest BCUT2D eigenvalue weighted by Crippen LogP contribution is 2.33. The van der Waals surface area contributed by atoms with Crippen LogP contribution in [0.2, 0.25) is 0 Å². The fourth-order valence-corrected chi connectivity index (χ4v) is 3.09. The summed E-state index contributed by atoms with van der Waals surface area (Å²) in [5.74, 6) is -1.15. The third-order valence-electron chi connectivity index (χ3n) is 4.26. The molecule has 2 atom stereocenters. The average molecular weight is 300 g/mol. The van der Waals surface area contributed by atoms with Gasteiger partial charge in [0, 0.05) is 0 Å². The Bertz CT molecular complexity index is 479. The first-order chi connectivity index (χ1) is 9.88. The van der Waals surface area contributed by atoms with Crippen molar-refractivity contribution in [1.29, 1.82) is 0 Å². The monoisotopic (exact) mass is 300 g/mol. The second-order valence-corrected chi connectivity index (χ2v) is 5.74. The van der Waals surface area contributed by atoms with Crippen molar-refractivity contribution in [3.63, 3.8) is 0 Å². The molecule has 2 nitrogen and oxygen atoms in total. The van der Waals surface area contributed by atoms with Crippen LogP contribution in [0.4, 0.5) is 13.2 Å². The van der Waals surface area contributed by atoms with Crippen LogP contribution in [0.15, 0.2) is 24.3 Å². The van der Waals surface area contributed by atoms with E-state index in [0.717, 1.165) is 43.4 Å². The highest BCUT2D eigenvalue weighted by molar-refractivity contribution is 5.70. The third-order valence-corrected chi connectivity index (χ3v) is 4.26. The van der Waals surface area contributed by atoms with E-state index in [1.54, 1.807) is 0 Å². The van der Waals surface area contributed by atoms with Gasteiger partial charge in [-0.25, -0.2) is 0 Å². The van der Waals surface area contributed by atoms with Gasteiger partial charge < -0.3 is 5.11 Å². The maximum Gasteiger partial charge on any atom is 0.416 e. The molecule has 0 spiro atoms. The molecule has 1 aliphatic carbocycles. The summed E-state index contributed by atoms with van der Waals surface area (Å²) in [5, 5.41) is 9.31. The number of aliphatic carboxylic acids is 1. The topological polar surface area (TPSA) is 37.3 Å². The molecule has 2 rings (SSSR count). The maximum absolute atomic E-state index is 12.5. The second-order valence-electron chi connectivity index (χ2n) is 5.74. The van der Waals surface area contributed by atoms with Crippen LogP contribution in [0.5, 0.6) is 0 Å². The summed E-state index contributed by atoms with van der Waals surface area (Å²) in [6.07, 6.45) is 0.654. The van der Waals surface area contributed by atoms with E-state index in [1.807, 2.05) is 0 Å². The molecular weight excluding hydrogens is 281 g/mol. The number of carboxylic acids is 1. The first-order valence-corrected chi connectivity index (χ1v) is 7.27. The van der Waals surface area contributed by atoms with Crippen LogP contribution < -0.4 is 0 Å². The number of carbonyl (C=O) groups is 1. The van der Waals surface area contributed by atoms with Gasteiger partial charge in [-0.15, -0.1) is 0 Å². The van der Waals surface area contributed by atoms with E-state index in [2.05, 4.69) is 0 Å². The first-order valence-electron chi connectivity index (χ1n) is 7.27. The molecule has 0 saturated heterocycles. The minimum absolute atomic E-state index is 0.0155. The Hall–Kier alpha value is -1.52. The lowest BCUT2D eigenvalue weighted by Crippen LogP contribution is -2.24. The molecule has 1 fully saturated rings. The normalized spacial score (nSPS) is 23.6. The predicted molar refractivity (Wildman–Crippen MR) is 72.8 cm³/mol. The van der Waals surface area contributed by atoms with Gasteiger partial charge >= 0.3 is 12.1 Å². The largest absolute Gasteiger partial charge is 0.481 e. The summed E-state index contributed by atoms with van der Waals surface area (Å²) in [6.45, 7) is 0. The number of hydrogen-bond donors (Lipinski definition) is 1. The number of benzene rings is 1. The van der Waals surface area contributed by atoms with E-state index in [4.69, 9.17) is 0 Å². The first kappa shape index (κ1) is 15.9. The van der Waals surface area contributed by atoms with E-state index in [0.29, 0.717) is 12.8 Å². The van der Waals surface area contributed by atoms with Crippen LogP contribution in [0.3, 0.4) is 0 Å². The summed E-state index contributed by atoms with van der Waals surface area (Å²) >= 11 is 0. The number of rotatable bonds is 3.